The van der Waals surface area contributed by atoms with Crippen LogP contribution in [0.1, 0.15) is 16.7 Å². The van der Waals surface area contributed by atoms with Crippen LogP contribution in [0.5, 0.6) is 5.88 Å². The number of pyridine rings is 1. The van der Waals surface area contributed by atoms with Crippen molar-refractivity contribution in [3.05, 3.63) is 59.3 Å². The molecule has 2 N–H and O–H groups in total. The van der Waals surface area contributed by atoms with Gasteiger partial charge in [-0.3, -0.25) is 4.99 Å². The lowest BCUT2D eigenvalue weighted by molar-refractivity contribution is -0.137. The average Bonchev–Trinajstić information content (AvgIpc) is 2.62. The Hall–Kier alpha value is -2.04. The maximum Gasteiger partial charge on any atom is 0.416 e. The SMILES string of the molecule is CN=C(NCc1ccc(C(F)(F)F)cc1)NCc1ccc(OC)nc1.I. The number of benzene rings is 1. The molecule has 1 aromatic heterocycles. The Labute approximate surface area is 167 Å². The molecule has 26 heavy (non-hydrogen) atoms. The lowest BCUT2D eigenvalue weighted by Gasteiger charge is -2.13. The number of nitrogens with zero attached hydrogens (tertiary/aromatic N) is 2. The number of aromatic nitrogens is 1. The van der Waals surface area contributed by atoms with Crippen molar-refractivity contribution in [3.63, 3.8) is 0 Å². The van der Waals surface area contributed by atoms with Crippen LogP contribution >= 0.6 is 24.0 Å². The van der Waals surface area contributed by atoms with Crippen LogP contribution in [0.2, 0.25) is 0 Å². The molecule has 9 heteroatoms. The second-order valence-electron chi connectivity index (χ2n) is 5.18. The molecular formula is C17H20F3IN4O. The van der Waals surface area contributed by atoms with E-state index in [9.17, 15) is 13.2 Å². The van der Waals surface area contributed by atoms with Crippen molar-refractivity contribution >= 4 is 29.9 Å². The van der Waals surface area contributed by atoms with E-state index in [1.165, 1.54) is 12.1 Å². The molecule has 0 fully saturated rings. The zero-order chi connectivity index (χ0) is 18.3. The molecule has 0 amide bonds. The van der Waals surface area contributed by atoms with Crippen LogP contribution < -0.4 is 15.4 Å². The van der Waals surface area contributed by atoms with Gasteiger partial charge in [0.2, 0.25) is 5.88 Å². The molecule has 142 valence electrons. The van der Waals surface area contributed by atoms with E-state index in [0.29, 0.717) is 24.9 Å². The molecule has 0 saturated heterocycles. The van der Waals surface area contributed by atoms with Crippen molar-refractivity contribution in [2.24, 2.45) is 4.99 Å². The summed E-state index contributed by atoms with van der Waals surface area (Å²) in [6.45, 7) is 0.863. The minimum atomic E-state index is -4.32. The number of nitrogens with one attached hydrogen (secondary N) is 2. The number of alkyl halides is 3. The molecule has 0 bridgehead atoms. The predicted octanol–water partition coefficient (Wildman–Crippen LogP) is 3.59. The smallest absolute Gasteiger partial charge is 0.416 e. The van der Waals surface area contributed by atoms with Gasteiger partial charge in [-0.1, -0.05) is 18.2 Å². The lowest BCUT2D eigenvalue weighted by atomic mass is 10.1. The molecule has 2 rings (SSSR count). The fourth-order valence-corrected chi connectivity index (χ4v) is 2.04. The molecule has 0 atom stereocenters. The second-order valence-corrected chi connectivity index (χ2v) is 5.18. The number of aliphatic imine (C=N–C) groups is 1. The number of ether oxygens (including phenoxy) is 1. The summed E-state index contributed by atoms with van der Waals surface area (Å²) in [4.78, 5) is 8.19. The lowest BCUT2D eigenvalue weighted by Crippen LogP contribution is -2.36. The van der Waals surface area contributed by atoms with Crippen LogP contribution in [0.3, 0.4) is 0 Å². The van der Waals surface area contributed by atoms with Crippen molar-refractivity contribution < 1.29 is 17.9 Å². The quantitative estimate of drug-likeness (QED) is 0.390. The zero-order valence-electron chi connectivity index (χ0n) is 14.3. The Morgan fingerprint density at radius 2 is 1.62 bits per heavy atom. The third kappa shape index (κ3) is 6.70. The fraction of sp³-hybridized carbons (Fsp3) is 0.294. The third-order valence-electron chi connectivity index (χ3n) is 3.43. The first-order valence-electron chi connectivity index (χ1n) is 7.52. The highest BCUT2D eigenvalue weighted by Crippen LogP contribution is 2.29. The summed E-state index contributed by atoms with van der Waals surface area (Å²) in [6, 6.07) is 8.65. The minimum absolute atomic E-state index is 0. The number of hydrogen-bond donors (Lipinski definition) is 2. The molecule has 0 aliphatic rings. The monoisotopic (exact) mass is 480 g/mol. The average molecular weight is 480 g/mol. The Morgan fingerprint density at radius 1 is 1.04 bits per heavy atom. The summed E-state index contributed by atoms with van der Waals surface area (Å²) in [6.07, 6.45) is -2.63. The maximum atomic E-state index is 12.5. The van der Waals surface area contributed by atoms with E-state index in [-0.39, 0.29) is 24.0 Å². The van der Waals surface area contributed by atoms with Gasteiger partial charge in [-0.15, -0.1) is 24.0 Å². The molecule has 0 radical (unpaired) electrons. The summed E-state index contributed by atoms with van der Waals surface area (Å²) < 4.78 is 42.6. The van der Waals surface area contributed by atoms with Crippen molar-refractivity contribution in [1.29, 1.82) is 0 Å². The molecule has 1 aromatic carbocycles. The molecule has 0 saturated carbocycles. The molecule has 2 aromatic rings. The first kappa shape index (κ1) is 22.0. The van der Waals surface area contributed by atoms with Gasteiger partial charge in [0.1, 0.15) is 0 Å². The number of methoxy groups -OCH3 is 1. The molecule has 5 nitrogen and oxygen atoms in total. The maximum absolute atomic E-state index is 12.5. The van der Waals surface area contributed by atoms with Gasteiger partial charge in [0.05, 0.1) is 12.7 Å². The van der Waals surface area contributed by atoms with Gasteiger partial charge in [-0.2, -0.15) is 13.2 Å². The summed E-state index contributed by atoms with van der Waals surface area (Å²) in [7, 11) is 3.17. The highest BCUT2D eigenvalue weighted by molar-refractivity contribution is 14.0. The number of halogens is 4. The van der Waals surface area contributed by atoms with E-state index < -0.39 is 11.7 Å². The normalized spacial score (nSPS) is 11.5. The van der Waals surface area contributed by atoms with Crippen LogP contribution in [0.4, 0.5) is 13.2 Å². The summed E-state index contributed by atoms with van der Waals surface area (Å²) in [5.41, 5.74) is 1.01. The number of rotatable bonds is 5. The predicted molar refractivity (Wildman–Crippen MR) is 105 cm³/mol. The Kier molecular flexibility index (Phi) is 8.62. The highest BCUT2D eigenvalue weighted by atomic mass is 127. The van der Waals surface area contributed by atoms with Crippen LogP contribution in [0.25, 0.3) is 0 Å². The van der Waals surface area contributed by atoms with Gasteiger partial charge < -0.3 is 15.4 Å². The van der Waals surface area contributed by atoms with E-state index in [4.69, 9.17) is 4.74 Å². The third-order valence-corrected chi connectivity index (χ3v) is 3.43. The highest BCUT2D eigenvalue weighted by Gasteiger charge is 2.29. The number of guanidine groups is 1. The van der Waals surface area contributed by atoms with E-state index >= 15 is 0 Å². The van der Waals surface area contributed by atoms with Crippen LogP contribution in [-0.4, -0.2) is 25.1 Å². The Balaban J connectivity index is 0.00000338. The zero-order valence-corrected chi connectivity index (χ0v) is 16.6. The van der Waals surface area contributed by atoms with E-state index in [2.05, 4.69) is 20.6 Å². The van der Waals surface area contributed by atoms with Gasteiger partial charge >= 0.3 is 6.18 Å². The molecular weight excluding hydrogens is 460 g/mol. The fourth-order valence-electron chi connectivity index (χ4n) is 2.04. The van der Waals surface area contributed by atoms with E-state index in [0.717, 1.165) is 23.3 Å². The molecule has 0 unspecified atom stereocenters. The topological polar surface area (TPSA) is 58.5 Å². The van der Waals surface area contributed by atoms with Gasteiger partial charge in [-0.05, 0) is 23.3 Å². The van der Waals surface area contributed by atoms with Crippen molar-refractivity contribution in [2.75, 3.05) is 14.2 Å². The van der Waals surface area contributed by atoms with Crippen LogP contribution in [0.15, 0.2) is 47.6 Å². The van der Waals surface area contributed by atoms with Crippen molar-refractivity contribution in [3.8, 4) is 5.88 Å². The van der Waals surface area contributed by atoms with E-state index in [1.807, 2.05) is 6.07 Å². The van der Waals surface area contributed by atoms with Gasteiger partial charge in [0, 0.05) is 32.4 Å². The largest absolute Gasteiger partial charge is 0.481 e. The first-order valence-corrected chi connectivity index (χ1v) is 7.52. The standard InChI is InChI=1S/C17H19F3N4O.HI/c1-21-16(24-11-13-5-8-15(25-2)22-10-13)23-9-12-3-6-14(7-4-12)17(18,19)20;/h3-8,10H,9,11H2,1-2H3,(H2,21,23,24);1H. The molecule has 0 spiro atoms. The van der Waals surface area contributed by atoms with Gasteiger partial charge in [0.15, 0.2) is 5.96 Å². The summed E-state index contributed by atoms with van der Waals surface area (Å²) in [5, 5.41) is 6.16. The Morgan fingerprint density at radius 3 is 2.08 bits per heavy atom. The van der Waals surface area contributed by atoms with Crippen LogP contribution in [-0.2, 0) is 19.3 Å². The first-order chi connectivity index (χ1) is 11.9. The van der Waals surface area contributed by atoms with Gasteiger partial charge in [0.25, 0.3) is 0 Å². The molecule has 1 heterocycles. The summed E-state index contributed by atoms with van der Waals surface area (Å²) >= 11 is 0. The summed E-state index contributed by atoms with van der Waals surface area (Å²) in [5.74, 6) is 1.07. The van der Waals surface area contributed by atoms with Gasteiger partial charge in [-0.25, -0.2) is 4.98 Å². The molecule has 0 aliphatic heterocycles. The Bertz CT molecular complexity index is 703. The minimum Gasteiger partial charge on any atom is -0.481 e. The molecule has 0 aliphatic carbocycles. The van der Waals surface area contributed by atoms with E-state index in [1.54, 1.807) is 26.4 Å². The van der Waals surface area contributed by atoms with Crippen molar-refractivity contribution in [1.82, 2.24) is 15.6 Å². The number of hydrogen-bond acceptors (Lipinski definition) is 3. The van der Waals surface area contributed by atoms with Crippen molar-refractivity contribution in [2.45, 2.75) is 19.3 Å². The second kappa shape index (κ2) is 10.2. The van der Waals surface area contributed by atoms with Crippen LogP contribution in [0, 0.1) is 0 Å².